The van der Waals surface area contributed by atoms with E-state index < -0.39 is 0 Å². The number of benzene rings is 1. The van der Waals surface area contributed by atoms with Gasteiger partial charge in [-0.2, -0.15) is 0 Å². The Hall–Kier alpha value is -2.61. The highest BCUT2D eigenvalue weighted by Crippen LogP contribution is 2.19. The molecule has 0 saturated heterocycles. The highest BCUT2D eigenvalue weighted by molar-refractivity contribution is 8.14. The first-order chi connectivity index (χ1) is 12.5. The average molecular weight is 373 g/mol. The molecule has 0 aliphatic carbocycles. The zero-order valence-electron chi connectivity index (χ0n) is 15.2. The molecule has 2 aromatic rings. The molecule has 7 nitrogen and oxygen atoms in total. The normalized spacial score (nSPS) is 11.3. The zero-order chi connectivity index (χ0) is 18.9. The third-order valence-electron chi connectivity index (χ3n) is 3.35. The first kappa shape index (κ1) is 19.7. The number of aliphatic imine (C=N–C) groups is 1. The minimum Gasteiger partial charge on any atom is -0.321 e. The van der Waals surface area contributed by atoms with Crippen molar-refractivity contribution < 1.29 is 9.59 Å². The summed E-state index contributed by atoms with van der Waals surface area (Å²) in [5.74, 6) is 0.970. The van der Waals surface area contributed by atoms with Crippen LogP contribution in [0.5, 0.6) is 0 Å². The molecule has 0 aliphatic heterocycles. The Kier molecular flexibility index (Phi) is 7.40. The number of carbonyl (C=O) groups is 2. The van der Waals surface area contributed by atoms with Crippen LogP contribution >= 0.6 is 11.8 Å². The number of Topliss-reactive ketones (excluding diaryl/α,β-unsaturated/α-hetero) is 1. The van der Waals surface area contributed by atoms with E-state index in [9.17, 15) is 9.59 Å². The highest BCUT2D eigenvalue weighted by Gasteiger charge is 2.20. The molecule has 0 bridgehead atoms. The standard InChI is InChI=1S/C18H23N5O2S/c1-4-10-26-18(19-3)22-16-15(20-12-23(16)11-13(2)24)17(25)21-14-8-6-5-7-9-14/h5-9,12H,4,10-11H2,1-3H3,(H,19,22)(H,21,25). The Morgan fingerprint density at radius 1 is 1.23 bits per heavy atom. The monoisotopic (exact) mass is 373 g/mol. The van der Waals surface area contributed by atoms with Crippen molar-refractivity contribution in [2.24, 2.45) is 4.99 Å². The fourth-order valence-corrected chi connectivity index (χ4v) is 2.90. The molecule has 8 heteroatoms. The lowest BCUT2D eigenvalue weighted by Gasteiger charge is -2.13. The van der Waals surface area contributed by atoms with Crippen LogP contribution in [0.2, 0.25) is 0 Å². The maximum Gasteiger partial charge on any atom is 0.278 e. The van der Waals surface area contributed by atoms with E-state index in [1.807, 2.05) is 18.2 Å². The molecular formula is C18H23N5O2S. The van der Waals surface area contributed by atoms with Gasteiger partial charge in [0.1, 0.15) is 11.6 Å². The topological polar surface area (TPSA) is 88.4 Å². The molecule has 1 aromatic heterocycles. The van der Waals surface area contributed by atoms with Crippen molar-refractivity contribution in [3.8, 4) is 0 Å². The van der Waals surface area contributed by atoms with Gasteiger partial charge < -0.3 is 15.2 Å². The van der Waals surface area contributed by atoms with Crippen LogP contribution in [0.4, 0.5) is 11.5 Å². The van der Waals surface area contributed by atoms with Gasteiger partial charge in [-0.1, -0.05) is 36.9 Å². The van der Waals surface area contributed by atoms with Crippen molar-refractivity contribution in [1.82, 2.24) is 9.55 Å². The van der Waals surface area contributed by atoms with E-state index in [2.05, 4.69) is 27.5 Å². The summed E-state index contributed by atoms with van der Waals surface area (Å²) in [5.41, 5.74) is 0.891. The third-order valence-corrected chi connectivity index (χ3v) is 4.52. The molecular weight excluding hydrogens is 350 g/mol. The summed E-state index contributed by atoms with van der Waals surface area (Å²) >= 11 is 1.55. The number of anilines is 2. The highest BCUT2D eigenvalue weighted by atomic mass is 32.2. The molecule has 2 N–H and O–H groups in total. The van der Waals surface area contributed by atoms with E-state index >= 15 is 0 Å². The number of hydrogen-bond donors (Lipinski definition) is 2. The molecule has 1 amide bonds. The van der Waals surface area contributed by atoms with Gasteiger partial charge in [0, 0.05) is 18.5 Å². The molecule has 26 heavy (non-hydrogen) atoms. The van der Waals surface area contributed by atoms with Crippen LogP contribution in [0.25, 0.3) is 0 Å². The molecule has 1 heterocycles. The van der Waals surface area contributed by atoms with E-state index in [1.165, 1.54) is 13.3 Å². The third kappa shape index (κ3) is 5.45. The van der Waals surface area contributed by atoms with Crippen molar-refractivity contribution in [3.05, 3.63) is 42.4 Å². The van der Waals surface area contributed by atoms with Gasteiger partial charge in [0.15, 0.2) is 10.9 Å². The molecule has 0 aliphatic rings. The first-order valence-corrected chi connectivity index (χ1v) is 9.31. The number of ketones is 1. The summed E-state index contributed by atoms with van der Waals surface area (Å²) in [6.45, 7) is 3.70. The number of nitrogens with zero attached hydrogens (tertiary/aromatic N) is 3. The Labute approximate surface area is 157 Å². The van der Waals surface area contributed by atoms with Crippen LogP contribution in [-0.4, -0.2) is 39.2 Å². The summed E-state index contributed by atoms with van der Waals surface area (Å²) in [6, 6.07) is 9.15. The number of para-hydroxylation sites is 1. The van der Waals surface area contributed by atoms with Crippen molar-refractivity contribution in [3.63, 3.8) is 0 Å². The number of nitrogens with one attached hydrogen (secondary N) is 2. The van der Waals surface area contributed by atoms with Crippen molar-refractivity contribution >= 4 is 40.1 Å². The lowest BCUT2D eigenvalue weighted by Crippen LogP contribution is -2.20. The second kappa shape index (κ2) is 9.76. The number of imidazole rings is 1. The van der Waals surface area contributed by atoms with E-state index in [4.69, 9.17) is 0 Å². The van der Waals surface area contributed by atoms with Gasteiger partial charge in [-0.3, -0.25) is 14.6 Å². The van der Waals surface area contributed by atoms with Gasteiger partial charge in [0.05, 0.1) is 12.9 Å². The second-order valence-corrected chi connectivity index (χ2v) is 6.68. The van der Waals surface area contributed by atoms with Gasteiger partial charge in [0.25, 0.3) is 5.91 Å². The lowest BCUT2D eigenvalue weighted by atomic mass is 10.3. The molecule has 0 spiro atoms. The molecule has 2 rings (SSSR count). The van der Waals surface area contributed by atoms with Crippen LogP contribution in [0.1, 0.15) is 30.8 Å². The van der Waals surface area contributed by atoms with E-state index in [0.29, 0.717) is 16.7 Å². The number of thioether (sulfide) groups is 1. The van der Waals surface area contributed by atoms with Crippen molar-refractivity contribution in [2.45, 2.75) is 26.8 Å². The first-order valence-electron chi connectivity index (χ1n) is 8.32. The van der Waals surface area contributed by atoms with Crippen LogP contribution in [-0.2, 0) is 11.3 Å². The second-order valence-electron chi connectivity index (χ2n) is 5.59. The average Bonchev–Trinajstić information content (AvgIpc) is 3.01. The predicted molar refractivity (Wildman–Crippen MR) is 107 cm³/mol. The molecule has 138 valence electrons. The van der Waals surface area contributed by atoms with E-state index in [1.54, 1.807) is 35.5 Å². The van der Waals surface area contributed by atoms with Gasteiger partial charge in [-0.25, -0.2) is 4.98 Å². The molecule has 0 saturated carbocycles. The number of carbonyl (C=O) groups excluding carboxylic acids is 2. The van der Waals surface area contributed by atoms with Crippen molar-refractivity contribution in [1.29, 1.82) is 0 Å². The maximum atomic E-state index is 12.7. The zero-order valence-corrected chi connectivity index (χ0v) is 16.0. The lowest BCUT2D eigenvalue weighted by molar-refractivity contribution is -0.117. The molecule has 0 radical (unpaired) electrons. The fourth-order valence-electron chi connectivity index (χ4n) is 2.21. The molecule has 1 aromatic carbocycles. The Balaban J connectivity index is 2.28. The molecule has 0 unspecified atom stereocenters. The largest absolute Gasteiger partial charge is 0.321 e. The summed E-state index contributed by atoms with van der Waals surface area (Å²) in [7, 11) is 1.68. The summed E-state index contributed by atoms with van der Waals surface area (Å²) in [5, 5.41) is 6.64. The number of rotatable bonds is 7. The maximum absolute atomic E-state index is 12.7. The predicted octanol–water partition coefficient (Wildman–Crippen LogP) is 3.27. The molecule has 0 fully saturated rings. The summed E-state index contributed by atoms with van der Waals surface area (Å²) < 4.78 is 1.62. The number of amidine groups is 1. The van der Waals surface area contributed by atoms with E-state index in [-0.39, 0.29) is 23.9 Å². The van der Waals surface area contributed by atoms with Crippen LogP contribution < -0.4 is 10.6 Å². The van der Waals surface area contributed by atoms with Gasteiger partial charge in [-0.05, 0) is 25.5 Å². The number of amides is 1. The van der Waals surface area contributed by atoms with E-state index in [0.717, 1.165) is 12.2 Å². The fraction of sp³-hybridized carbons (Fsp3) is 0.333. The number of aromatic nitrogens is 2. The Morgan fingerprint density at radius 2 is 1.96 bits per heavy atom. The van der Waals surface area contributed by atoms with Crippen LogP contribution in [0, 0.1) is 0 Å². The SMILES string of the molecule is CCCSC(=NC)Nc1c(C(=O)Nc2ccccc2)ncn1CC(C)=O. The summed E-state index contributed by atoms with van der Waals surface area (Å²) in [6.07, 6.45) is 2.49. The minimum atomic E-state index is -0.350. The smallest absolute Gasteiger partial charge is 0.278 e. The minimum absolute atomic E-state index is 0.0309. The molecule has 0 atom stereocenters. The Bertz CT molecular complexity index is 786. The van der Waals surface area contributed by atoms with Gasteiger partial charge >= 0.3 is 0 Å². The Morgan fingerprint density at radius 3 is 2.58 bits per heavy atom. The number of hydrogen-bond acceptors (Lipinski definition) is 5. The van der Waals surface area contributed by atoms with Crippen LogP contribution in [0.3, 0.4) is 0 Å². The van der Waals surface area contributed by atoms with Gasteiger partial charge in [0.2, 0.25) is 0 Å². The summed E-state index contributed by atoms with van der Waals surface area (Å²) in [4.78, 5) is 32.6. The van der Waals surface area contributed by atoms with Crippen molar-refractivity contribution in [2.75, 3.05) is 23.4 Å². The van der Waals surface area contributed by atoms with Crippen LogP contribution in [0.15, 0.2) is 41.7 Å². The van der Waals surface area contributed by atoms with Gasteiger partial charge in [-0.15, -0.1) is 0 Å². The quantitative estimate of drug-likeness (QED) is 0.574.